The second kappa shape index (κ2) is 12.5. The van der Waals surface area contributed by atoms with E-state index in [1.807, 2.05) is 0 Å². The number of hydrogen-bond acceptors (Lipinski definition) is 2. The molecule has 1 heterocycles. The molecule has 2 heteroatoms. The highest BCUT2D eigenvalue weighted by Gasteiger charge is 2.51. The van der Waals surface area contributed by atoms with Crippen molar-refractivity contribution in [3.63, 3.8) is 0 Å². The van der Waals surface area contributed by atoms with E-state index in [0.717, 1.165) is 39.7 Å². The first-order valence-corrected chi connectivity index (χ1v) is 18.9. The lowest BCUT2D eigenvalue weighted by molar-refractivity contribution is 0.436. The van der Waals surface area contributed by atoms with Gasteiger partial charge in [0.05, 0.1) is 5.41 Å². The van der Waals surface area contributed by atoms with Crippen molar-refractivity contribution in [3.05, 3.63) is 235 Å². The van der Waals surface area contributed by atoms with Gasteiger partial charge < -0.3 is 9.64 Å². The summed E-state index contributed by atoms with van der Waals surface area (Å²) in [5.41, 5.74) is 15.0. The van der Waals surface area contributed by atoms with Crippen LogP contribution in [0.1, 0.15) is 22.3 Å². The van der Waals surface area contributed by atoms with Crippen LogP contribution in [0.3, 0.4) is 0 Å². The van der Waals surface area contributed by atoms with Gasteiger partial charge in [0.25, 0.3) is 0 Å². The van der Waals surface area contributed by atoms with Crippen molar-refractivity contribution in [2.75, 3.05) is 4.90 Å². The quantitative estimate of drug-likeness (QED) is 0.177. The van der Waals surface area contributed by atoms with E-state index in [-0.39, 0.29) is 0 Å². The zero-order valence-corrected chi connectivity index (χ0v) is 30.1. The predicted molar refractivity (Wildman–Crippen MR) is 227 cm³/mol. The average Bonchev–Trinajstić information content (AvgIpc) is 3.54. The summed E-state index contributed by atoms with van der Waals surface area (Å²) in [6.45, 7) is 0. The molecular formula is C53H35NO. The fourth-order valence-electron chi connectivity index (χ4n) is 9.22. The molecule has 0 atom stereocenters. The second-order valence-corrected chi connectivity index (χ2v) is 14.4. The monoisotopic (exact) mass is 701 g/mol. The van der Waals surface area contributed by atoms with E-state index in [1.165, 1.54) is 55.3 Å². The number of benzene rings is 9. The van der Waals surface area contributed by atoms with E-state index in [9.17, 15) is 0 Å². The Morgan fingerprint density at radius 3 is 1.42 bits per heavy atom. The van der Waals surface area contributed by atoms with Crippen LogP contribution in [0, 0.1) is 0 Å². The van der Waals surface area contributed by atoms with Gasteiger partial charge in [-0.15, -0.1) is 0 Å². The van der Waals surface area contributed by atoms with Crippen molar-refractivity contribution < 1.29 is 4.74 Å². The van der Waals surface area contributed by atoms with Gasteiger partial charge in [-0.1, -0.05) is 164 Å². The smallest absolute Gasteiger partial charge is 0.132 e. The van der Waals surface area contributed by atoms with E-state index in [0.29, 0.717) is 0 Å². The topological polar surface area (TPSA) is 12.5 Å². The van der Waals surface area contributed by atoms with Crippen molar-refractivity contribution in [3.8, 4) is 44.9 Å². The zero-order valence-electron chi connectivity index (χ0n) is 30.1. The highest BCUT2D eigenvalue weighted by Crippen LogP contribution is 2.62. The molecule has 1 spiro atoms. The minimum absolute atomic E-state index is 0.535. The Morgan fingerprint density at radius 2 is 0.764 bits per heavy atom. The van der Waals surface area contributed by atoms with Crippen LogP contribution < -0.4 is 9.64 Å². The molecular weight excluding hydrogens is 667 g/mol. The Kier molecular flexibility index (Phi) is 7.11. The third-order valence-corrected chi connectivity index (χ3v) is 11.5. The molecule has 0 unspecified atom stereocenters. The summed E-state index contributed by atoms with van der Waals surface area (Å²) in [5, 5.41) is 2.50. The van der Waals surface area contributed by atoms with Crippen LogP contribution in [0.15, 0.2) is 212 Å². The molecule has 0 saturated heterocycles. The van der Waals surface area contributed by atoms with E-state index in [2.05, 4.69) is 217 Å². The molecule has 9 aromatic carbocycles. The Hall–Kier alpha value is -7.16. The van der Waals surface area contributed by atoms with Crippen LogP contribution >= 0.6 is 0 Å². The molecule has 0 radical (unpaired) electrons. The molecule has 0 fully saturated rings. The zero-order chi connectivity index (χ0) is 36.3. The van der Waals surface area contributed by atoms with Crippen LogP contribution in [-0.4, -0.2) is 0 Å². The molecule has 2 nitrogen and oxygen atoms in total. The van der Waals surface area contributed by atoms with Crippen molar-refractivity contribution in [2.45, 2.75) is 5.41 Å². The third kappa shape index (κ3) is 4.75. The minimum atomic E-state index is -0.535. The summed E-state index contributed by atoms with van der Waals surface area (Å²) in [5.74, 6) is 1.79. The number of rotatable bonds is 5. The van der Waals surface area contributed by atoms with Gasteiger partial charge in [-0.25, -0.2) is 0 Å². The van der Waals surface area contributed by atoms with E-state index >= 15 is 0 Å². The fourth-order valence-corrected chi connectivity index (χ4v) is 9.22. The number of para-hydroxylation sites is 3. The first kappa shape index (κ1) is 31.4. The molecule has 0 amide bonds. The summed E-state index contributed by atoms with van der Waals surface area (Å²) >= 11 is 0. The molecule has 1 aliphatic heterocycles. The fraction of sp³-hybridized carbons (Fsp3) is 0.0189. The van der Waals surface area contributed by atoms with Crippen molar-refractivity contribution >= 4 is 27.8 Å². The van der Waals surface area contributed by atoms with Crippen LogP contribution in [0.25, 0.3) is 44.2 Å². The highest BCUT2D eigenvalue weighted by molar-refractivity contribution is 6.05. The predicted octanol–water partition coefficient (Wildman–Crippen LogP) is 14.1. The van der Waals surface area contributed by atoms with Crippen LogP contribution in [0.4, 0.5) is 17.1 Å². The normalized spacial score (nSPS) is 13.0. The van der Waals surface area contributed by atoms with E-state index in [1.54, 1.807) is 0 Å². The molecule has 55 heavy (non-hydrogen) atoms. The van der Waals surface area contributed by atoms with Crippen molar-refractivity contribution in [1.82, 2.24) is 0 Å². The molecule has 9 aromatic rings. The molecule has 0 saturated carbocycles. The number of fused-ring (bicyclic) bond motifs is 10. The van der Waals surface area contributed by atoms with Crippen molar-refractivity contribution in [2.24, 2.45) is 0 Å². The van der Waals surface area contributed by atoms with Crippen molar-refractivity contribution in [1.29, 1.82) is 0 Å². The van der Waals surface area contributed by atoms with Crippen LogP contribution in [0.5, 0.6) is 11.5 Å². The van der Waals surface area contributed by atoms with Gasteiger partial charge in [-0.2, -0.15) is 0 Å². The largest absolute Gasteiger partial charge is 0.457 e. The number of ether oxygens (including phenoxy) is 1. The lowest BCUT2D eigenvalue weighted by atomic mass is 9.66. The molecule has 0 bridgehead atoms. The SMILES string of the molecule is c1ccc(-c2ccc(-c3ccc(N(c4ccccc4)c4ccc5c(c4)C4(c6ccccc6Oc6ccccc64)c4ccccc4-5)cc3)c3ccccc23)cc1. The van der Waals surface area contributed by atoms with Gasteiger partial charge in [-0.3, -0.25) is 0 Å². The third-order valence-electron chi connectivity index (χ3n) is 11.5. The molecule has 0 N–H and O–H groups in total. The van der Waals surface area contributed by atoms with E-state index in [4.69, 9.17) is 4.74 Å². The molecule has 0 aromatic heterocycles. The Morgan fingerprint density at radius 1 is 0.309 bits per heavy atom. The minimum Gasteiger partial charge on any atom is -0.457 e. The molecule has 2 aliphatic rings. The van der Waals surface area contributed by atoms with Gasteiger partial charge in [0.15, 0.2) is 0 Å². The number of hydrogen-bond donors (Lipinski definition) is 0. The lowest BCUT2D eigenvalue weighted by Crippen LogP contribution is -2.32. The summed E-state index contributed by atoms with van der Waals surface area (Å²) in [4.78, 5) is 2.38. The maximum atomic E-state index is 6.60. The van der Waals surface area contributed by atoms with Gasteiger partial charge in [0.1, 0.15) is 11.5 Å². The second-order valence-electron chi connectivity index (χ2n) is 14.4. The van der Waals surface area contributed by atoms with Gasteiger partial charge in [0, 0.05) is 28.2 Å². The van der Waals surface area contributed by atoms with Gasteiger partial charge >= 0.3 is 0 Å². The van der Waals surface area contributed by atoms with E-state index < -0.39 is 5.41 Å². The summed E-state index contributed by atoms with van der Waals surface area (Å²) in [6, 6.07) is 76.8. The maximum Gasteiger partial charge on any atom is 0.132 e. The summed E-state index contributed by atoms with van der Waals surface area (Å²) in [7, 11) is 0. The lowest BCUT2D eigenvalue weighted by Gasteiger charge is -2.39. The Bertz CT molecular complexity index is 2850. The Labute approximate surface area is 321 Å². The van der Waals surface area contributed by atoms with Gasteiger partial charge in [0.2, 0.25) is 0 Å². The molecule has 1 aliphatic carbocycles. The average molecular weight is 702 g/mol. The van der Waals surface area contributed by atoms with Crippen LogP contribution in [0.2, 0.25) is 0 Å². The number of nitrogens with zero attached hydrogens (tertiary/aromatic N) is 1. The molecule has 11 rings (SSSR count). The summed E-state index contributed by atoms with van der Waals surface area (Å²) in [6.07, 6.45) is 0. The number of anilines is 3. The first-order chi connectivity index (χ1) is 27.3. The summed E-state index contributed by atoms with van der Waals surface area (Å²) < 4.78 is 6.60. The standard InChI is InChI=1S/C53H35NO/c1-3-15-36(16-4-1)41-33-34-42(44-20-8-7-19-43(41)44)37-27-29-39(30-28-37)54(38-17-5-2-6-18-38)40-31-32-46-45-21-9-10-22-47(45)53(50(46)35-40)48-23-11-13-25-51(48)55-52-26-14-12-24-49(52)53/h1-35H. The maximum absolute atomic E-state index is 6.60. The Balaban J connectivity index is 1.08. The van der Waals surface area contributed by atoms with Gasteiger partial charge in [-0.05, 0) is 104 Å². The first-order valence-electron chi connectivity index (χ1n) is 18.9. The van der Waals surface area contributed by atoms with Crippen LogP contribution in [-0.2, 0) is 5.41 Å². The molecule has 258 valence electrons. The highest BCUT2D eigenvalue weighted by atomic mass is 16.5.